The normalized spacial score (nSPS) is 21.4. The molecule has 2 unspecified atom stereocenters. The van der Waals surface area contributed by atoms with Crippen LogP contribution in [0.2, 0.25) is 0 Å². The van der Waals surface area contributed by atoms with Gasteiger partial charge in [0.1, 0.15) is 0 Å². The van der Waals surface area contributed by atoms with E-state index in [9.17, 15) is 0 Å². The van der Waals surface area contributed by atoms with Crippen LogP contribution in [0.4, 0.5) is 0 Å². The lowest BCUT2D eigenvalue weighted by Gasteiger charge is -2.32. The van der Waals surface area contributed by atoms with E-state index in [0.29, 0.717) is 17.3 Å². The first-order valence-electron chi connectivity index (χ1n) is 15.3. The molecule has 0 aromatic rings. The Kier molecular flexibility index (Phi) is 16.4. The van der Waals surface area contributed by atoms with Gasteiger partial charge in [-0.2, -0.15) is 0 Å². The molecule has 0 spiro atoms. The van der Waals surface area contributed by atoms with E-state index in [2.05, 4.69) is 95.7 Å². The van der Waals surface area contributed by atoms with Crippen molar-refractivity contribution in [2.24, 2.45) is 16.6 Å². The molecule has 42 heavy (non-hydrogen) atoms. The Morgan fingerprint density at radius 2 is 1.81 bits per heavy atom. The Hall–Kier alpha value is -3.32. The summed E-state index contributed by atoms with van der Waals surface area (Å²) in [6.45, 7) is 14.4. The topological polar surface area (TPSA) is 80.7 Å². The van der Waals surface area contributed by atoms with E-state index < -0.39 is 0 Å². The van der Waals surface area contributed by atoms with Crippen LogP contribution in [0.15, 0.2) is 112 Å². The second kappa shape index (κ2) is 19.7. The van der Waals surface area contributed by atoms with Crippen LogP contribution in [0.3, 0.4) is 0 Å². The van der Waals surface area contributed by atoms with Crippen LogP contribution in [0.5, 0.6) is 0 Å². The van der Waals surface area contributed by atoms with Gasteiger partial charge >= 0.3 is 0 Å². The maximum absolute atomic E-state index is 8.76. The molecule has 4 N–H and O–H groups in total. The van der Waals surface area contributed by atoms with Crippen LogP contribution in [0.25, 0.3) is 0 Å². The van der Waals surface area contributed by atoms with Crippen molar-refractivity contribution in [2.75, 3.05) is 53.4 Å². The number of nitrogens with one attached hydrogen (secondary N) is 2. The molecule has 0 aromatic heterocycles. The average molecular weight is 571 g/mol. The molecule has 0 radical (unpaired) electrons. The largest absolute Gasteiger partial charge is 0.398 e. The second-order valence-corrected chi connectivity index (χ2v) is 10.9. The number of aliphatic imine (C=N–C) groups is 1. The highest BCUT2D eigenvalue weighted by atomic mass is 15.2. The fourth-order valence-corrected chi connectivity index (χ4v) is 5.12. The summed E-state index contributed by atoms with van der Waals surface area (Å²) in [5.74, 6) is 0.324. The maximum atomic E-state index is 8.76. The van der Waals surface area contributed by atoms with Gasteiger partial charge in [-0.15, -0.1) is 0 Å². The molecule has 1 saturated heterocycles. The van der Waals surface area contributed by atoms with Crippen LogP contribution >= 0.6 is 0 Å². The predicted molar refractivity (Wildman–Crippen MR) is 184 cm³/mol. The van der Waals surface area contributed by atoms with Crippen molar-refractivity contribution >= 4 is 11.4 Å². The van der Waals surface area contributed by atoms with Gasteiger partial charge in [0.25, 0.3) is 0 Å². The molecule has 2 rings (SSSR count). The molecule has 1 fully saturated rings. The van der Waals surface area contributed by atoms with Crippen LogP contribution in [-0.4, -0.2) is 80.6 Å². The first-order chi connectivity index (χ1) is 20.3. The van der Waals surface area contributed by atoms with Crippen LogP contribution < -0.4 is 11.1 Å². The van der Waals surface area contributed by atoms with E-state index in [1.807, 2.05) is 51.3 Å². The number of allylic oxidation sites excluding steroid dienone is 12. The lowest BCUT2D eigenvalue weighted by molar-refractivity contribution is 0.165. The zero-order valence-electron chi connectivity index (χ0n) is 26.8. The van der Waals surface area contributed by atoms with Gasteiger partial charge in [-0.05, 0) is 64.0 Å². The Bertz CT molecular complexity index is 1160. The third-order valence-electron chi connectivity index (χ3n) is 7.73. The molecule has 0 aromatic carbocycles. The molecule has 2 aliphatic rings. The summed E-state index contributed by atoms with van der Waals surface area (Å²) in [7, 11) is 4.03. The minimum absolute atomic E-state index is 0.154. The molecular formula is C36H54N6. The van der Waals surface area contributed by atoms with Gasteiger partial charge in [0.15, 0.2) is 0 Å². The fourth-order valence-electron chi connectivity index (χ4n) is 5.12. The van der Waals surface area contributed by atoms with E-state index in [0.717, 1.165) is 69.0 Å². The summed E-state index contributed by atoms with van der Waals surface area (Å²) in [6, 6.07) is 0.154. The third kappa shape index (κ3) is 11.9. The maximum Gasteiger partial charge on any atom is 0.0632 e. The van der Waals surface area contributed by atoms with E-state index in [1.54, 1.807) is 0 Å². The molecular weight excluding hydrogens is 516 g/mol. The van der Waals surface area contributed by atoms with Crippen LogP contribution in [0, 0.1) is 11.3 Å². The van der Waals surface area contributed by atoms with Gasteiger partial charge in [0, 0.05) is 75.3 Å². The molecule has 2 atom stereocenters. The number of nitrogens with zero attached hydrogens (tertiary/aromatic N) is 3. The zero-order valence-corrected chi connectivity index (χ0v) is 26.8. The van der Waals surface area contributed by atoms with E-state index in [4.69, 9.17) is 11.1 Å². The number of hydrogen-bond donors (Lipinski definition) is 3. The van der Waals surface area contributed by atoms with Gasteiger partial charge in [-0.3, -0.25) is 9.89 Å². The Balaban J connectivity index is 1.98. The van der Waals surface area contributed by atoms with Crippen molar-refractivity contribution in [2.45, 2.75) is 46.6 Å². The van der Waals surface area contributed by atoms with Gasteiger partial charge in [-0.1, -0.05) is 79.8 Å². The van der Waals surface area contributed by atoms with Crippen LogP contribution in [0.1, 0.15) is 40.5 Å². The van der Waals surface area contributed by atoms with Crippen molar-refractivity contribution in [3.8, 4) is 0 Å². The third-order valence-corrected chi connectivity index (χ3v) is 7.73. The molecule has 1 aliphatic heterocycles. The van der Waals surface area contributed by atoms with Crippen molar-refractivity contribution < 1.29 is 0 Å². The van der Waals surface area contributed by atoms with Gasteiger partial charge in [0.2, 0.25) is 0 Å². The number of likely N-dealkylation sites (N-methyl/N-ethyl adjacent to an activating group) is 1. The van der Waals surface area contributed by atoms with Gasteiger partial charge in [-0.25, -0.2) is 0 Å². The highest BCUT2D eigenvalue weighted by Crippen LogP contribution is 2.24. The predicted octanol–water partition coefficient (Wildman–Crippen LogP) is 6.17. The Morgan fingerprint density at radius 1 is 1.07 bits per heavy atom. The number of nitrogens with two attached hydrogens (primary N) is 1. The molecule has 6 heteroatoms. The number of hydrogen-bond acceptors (Lipinski definition) is 6. The molecule has 6 nitrogen and oxygen atoms in total. The first-order valence-corrected chi connectivity index (χ1v) is 15.3. The van der Waals surface area contributed by atoms with Crippen molar-refractivity contribution in [1.29, 1.82) is 5.41 Å². The number of rotatable bonds is 15. The van der Waals surface area contributed by atoms with Gasteiger partial charge in [0.05, 0.1) is 5.71 Å². The molecule has 0 amide bonds. The molecule has 1 heterocycles. The number of piperazine rings is 1. The van der Waals surface area contributed by atoms with Gasteiger partial charge < -0.3 is 21.4 Å². The smallest absolute Gasteiger partial charge is 0.0632 e. The molecule has 0 bridgehead atoms. The highest BCUT2D eigenvalue weighted by molar-refractivity contribution is 6.10. The summed E-state index contributed by atoms with van der Waals surface area (Å²) < 4.78 is 0. The minimum atomic E-state index is 0.154. The summed E-state index contributed by atoms with van der Waals surface area (Å²) in [5.41, 5.74) is 11.8. The summed E-state index contributed by atoms with van der Waals surface area (Å²) in [4.78, 5) is 9.28. The summed E-state index contributed by atoms with van der Waals surface area (Å²) in [5, 5.41) is 12.4. The second-order valence-electron chi connectivity index (χ2n) is 10.9. The zero-order chi connectivity index (χ0) is 30.7. The average Bonchev–Trinajstić information content (AvgIpc) is 2.98. The fraction of sp³-hybridized carbons (Fsp3) is 0.444. The lowest BCUT2D eigenvalue weighted by Crippen LogP contribution is -2.44. The SMILES string of the molecule is C\C=C/C=C(\C=C\C=C\C(=N)C1=C(C)C(NC/C=C/C=CC(CC)C(/C=C\C)=NC)CC=C1N)CN1CCN(C)CC1. The van der Waals surface area contributed by atoms with E-state index >= 15 is 0 Å². The minimum Gasteiger partial charge on any atom is -0.398 e. The standard InChI is InChI=1S/C36H54N6/c1-7-10-17-30(28-42-26-24-41(6)25-27-42)18-13-14-20-32(37)36-29(4)34(22-21-33(36)38)40-23-15-11-12-19-31(9-3)35(39-5)16-8-2/h7-8,10-21,31,34,37,40H,9,22-28,38H2,1-6H3/b10-7-,15-11+,16-8-,18-13+,19-12?,20-14+,30-17+,37-32?,39-35?. The van der Waals surface area contributed by atoms with Crippen molar-refractivity contribution in [3.63, 3.8) is 0 Å². The quantitative estimate of drug-likeness (QED) is 0.162. The summed E-state index contributed by atoms with van der Waals surface area (Å²) >= 11 is 0. The van der Waals surface area contributed by atoms with Crippen molar-refractivity contribution in [3.05, 3.63) is 107 Å². The van der Waals surface area contributed by atoms with Crippen molar-refractivity contribution in [1.82, 2.24) is 15.1 Å². The van der Waals surface area contributed by atoms with E-state index in [1.165, 1.54) is 5.57 Å². The highest BCUT2D eigenvalue weighted by Gasteiger charge is 2.21. The molecule has 228 valence electrons. The Morgan fingerprint density at radius 3 is 2.48 bits per heavy atom. The first kappa shape index (κ1) is 34.9. The Labute approximate surface area is 255 Å². The summed E-state index contributed by atoms with van der Waals surface area (Å²) in [6.07, 6.45) is 30.8. The molecule has 1 aliphatic carbocycles. The molecule has 0 saturated carbocycles. The van der Waals surface area contributed by atoms with E-state index in [-0.39, 0.29) is 6.04 Å². The lowest BCUT2D eigenvalue weighted by atomic mass is 9.89. The van der Waals surface area contributed by atoms with Crippen LogP contribution in [-0.2, 0) is 0 Å². The monoisotopic (exact) mass is 570 g/mol.